The Bertz CT molecular complexity index is 1060. The Balaban J connectivity index is 1.37. The number of fused-ring (bicyclic) bond motifs is 2. The summed E-state index contributed by atoms with van der Waals surface area (Å²) < 4.78 is 6.06. The summed E-state index contributed by atoms with van der Waals surface area (Å²) in [5, 5.41) is 0. The van der Waals surface area contributed by atoms with Crippen LogP contribution in [0.15, 0.2) is 112 Å². The molecule has 2 bridgehead atoms. The number of hydrogen-bond donors (Lipinski definition) is 0. The average Bonchev–Trinajstić information content (AvgIpc) is 3.45. The lowest BCUT2D eigenvalue weighted by molar-refractivity contribution is -0.0360. The second-order valence-corrected chi connectivity index (χ2v) is 11.4. The molecule has 5 rings (SSSR count). The minimum Gasteiger partial charge on any atom is -0.456 e. The van der Waals surface area contributed by atoms with Gasteiger partial charge in [-0.2, -0.15) is 0 Å². The summed E-state index contributed by atoms with van der Waals surface area (Å²) in [5.41, 5.74) is 0.156. The lowest BCUT2D eigenvalue weighted by Gasteiger charge is -2.35. The molecule has 0 heterocycles. The molecule has 3 unspecified atom stereocenters. The Morgan fingerprint density at radius 3 is 1.84 bits per heavy atom. The summed E-state index contributed by atoms with van der Waals surface area (Å²) in [7, 11) is -0.218. The van der Waals surface area contributed by atoms with Gasteiger partial charge in [-0.15, -0.1) is 0 Å². The van der Waals surface area contributed by atoms with E-state index in [1.165, 1.54) is 21.1 Å². The van der Waals surface area contributed by atoms with Crippen molar-refractivity contribution in [1.29, 1.82) is 0 Å². The fraction of sp³-hybridized carbons (Fsp3) is 0.276. The largest absolute Gasteiger partial charge is 0.456 e. The first-order valence-electron chi connectivity index (χ1n) is 11.4. The molecule has 3 atom stereocenters. The third-order valence-corrected chi connectivity index (χ3v) is 9.04. The van der Waals surface area contributed by atoms with E-state index >= 15 is 0 Å². The number of allylic oxidation sites excluding steroid dienone is 2. The van der Waals surface area contributed by atoms with Crippen LogP contribution < -0.4 is 0 Å². The highest BCUT2D eigenvalue weighted by atomic mass is 32.2. The minimum atomic E-state index is -0.460. The molecule has 0 aromatic heterocycles. The Labute approximate surface area is 193 Å². The predicted octanol–water partition coefficient (Wildman–Crippen LogP) is 6.93. The molecule has 0 aliphatic heterocycles. The SMILES string of the molecule is CC(C)(OC(=O)c1ccc([S+](c2ccccc2)c2ccccc2)cc1)C1CC2C=CC1C2. The van der Waals surface area contributed by atoms with E-state index in [4.69, 9.17) is 4.74 Å². The van der Waals surface area contributed by atoms with E-state index in [9.17, 15) is 4.79 Å². The Morgan fingerprint density at radius 2 is 1.34 bits per heavy atom. The molecule has 1 saturated carbocycles. The number of carbonyl (C=O) groups is 1. The number of rotatable bonds is 6. The first-order valence-corrected chi connectivity index (χ1v) is 12.6. The van der Waals surface area contributed by atoms with Crippen LogP contribution in [-0.4, -0.2) is 11.6 Å². The van der Waals surface area contributed by atoms with E-state index in [1.54, 1.807) is 0 Å². The fourth-order valence-corrected chi connectivity index (χ4v) is 7.29. The van der Waals surface area contributed by atoms with Crippen LogP contribution in [0.5, 0.6) is 0 Å². The van der Waals surface area contributed by atoms with Crippen molar-refractivity contribution in [1.82, 2.24) is 0 Å². The molecule has 0 amide bonds. The van der Waals surface area contributed by atoms with Gasteiger partial charge in [-0.3, -0.25) is 0 Å². The van der Waals surface area contributed by atoms with Crippen molar-refractivity contribution in [2.24, 2.45) is 17.8 Å². The van der Waals surface area contributed by atoms with Crippen molar-refractivity contribution in [3.63, 3.8) is 0 Å². The first kappa shape index (κ1) is 21.1. The van der Waals surface area contributed by atoms with Crippen LogP contribution >= 0.6 is 0 Å². The van der Waals surface area contributed by atoms with Crippen molar-refractivity contribution >= 4 is 16.9 Å². The maximum atomic E-state index is 13.0. The van der Waals surface area contributed by atoms with Gasteiger partial charge in [0.25, 0.3) is 0 Å². The van der Waals surface area contributed by atoms with Gasteiger partial charge in [0.1, 0.15) is 5.60 Å². The fourth-order valence-electron chi connectivity index (χ4n) is 5.20. The molecule has 0 spiro atoms. The van der Waals surface area contributed by atoms with E-state index < -0.39 is 5.60 Å². The van der Waals surface area contributed by atoms with E-state index in [0.717, 1.165) is 6.42 Å². The highest BCUT2D eigenvalue weighted by Gasteiger charge is 2.46. The van der Waals surface area contributed by atoms with E-state index in [-0.39, 0.29) is 16.9 Å². The maximum absolute atomic E-state index is 13.0. The number of ether oxygens (including phenoxy) is 1. The quantitative estimate of drug-likeness (QED) is 0.235. The molecule has 162 valence electrons. The molecular weight excluding hydrogens is 412 g/mol. The summed E-state index contributed by atoms with van der Waals surface area (Å²) >= 11 is 0. The molecule has 0 radical (unpaired) electrons. The summed E-state index contributed by atoms with van der Waals surface area (Å²) in [6.07, 6.45) is 6.98. The third kappa shape index (κ3) is 4.14. The summed E-state index contributed by atoms with van der Waals surface area (Å²) in [4.78, 5) is 16.7. The van der Waals surface area contributed by atoms with E-state index in [2.05, 4.69) is 86.7 Å². The minimum absolute atomic E-state index is 0.218. The second-order valence-electron chi connectivity index (χ2n) is 9.34. The number of benzene rings is 3. The van der Waals surface area contributed by atoms with Crippen LogP contribution in [0.4, 0.5) is 0 Å². The van der Waals surface area contributed by atoms with Gasteiger partial charge in [0, 0.05) is 5.92 Å². The van der Waals surface area contributed by atoms with Gasteiger partial charge < -0.3 is 4.74 Å². The van der Waals surface area contributed by atoms with E-state index in [0.29, 0.717) is 23.3 Å². The number of esters is 1. The van der Waals surface area contributed by atoms with Crippen LogP contribution in [0.25, 0.3) is 0 Å². The van der Waals surface area contributed by atoms with Gasteiger partial charge in [0.2, 0.25) is 0 Å². The van der Waals surface area contributed by atoms with Crippen LogP contribution in [-0.2, 0) is 15.6 Å². The normalized spacial score (nSPS) is 21.8. The van der Waals surface area contributed by atoms with Crippen molar-refractivity contribution in [2.75, 3.05) is 0 Å². The summed E-state index contributed by atoms with van der Waals surface area (Å²) in [5.74, 6) is 1.38. The third-order valence-electron chi connectivity index (χ3n) is 6.81. The lowest BCUT2D eigenvalue weighted by Crippen LogP contribution is -2.38. The maximum Gasteiger partial charge on any atom is 0.338 e. The van der Waals surface area contributed by atoms with Crippen LogP contribution in [0.1, 0.15) is 37.0 Å². The van der Waals surface area contributed by atoms with Gasteiger partial charge in [0.05, 0.1) is 16.5 Å². The van der Waals surface area contributed by atoms with Crippen molar-refractivity contribution in [3.05, 3.63) is 103 Å². The van der Waals surface area contributed by atoms with Gasteiger partial charge in [0.15, 0.2) is 14.7 Å². The molecule has 0 saturated heterocycles. The van der Waals surface area contributed by atoms with Gasteiger partial charge >= 0.3 is 5.97 Å². The average molecular weight is 442 g/mol. The smallest absolute Gasteiger partial charge is 0.338 e. The Hall–Kier alpha value is -2.78. The number of hydrogen-bond acceptors (Lipinski definition) is 2. The monoisotopic (exact) mass is 441 g/mol. The molecule has 3 aromatic carbocycles. The zero-order valence-electron chi connectivity index (χ0n) is 18.6. The molecule has 1 fully saturated rings. The molecule has 0 N–H and O–H groups in total. The number of carbonyl (C=O) groups excluding carboxylic acids is 1. The summed E-state index contributed by atoms with van der Waals surface area (Å²) in [6, 6.07) is 29.1. The highest BCUT2D eigenvalue weighted by molar-refractivity contribution is 7.97. The summed E-state index contributed by atoms with van der Waals surface area (Å²) in [6.45, 7) is 4.14. The second kappa shape index (κ2) is 8.63. The Morgan fingerprint density at radius 1 is 0.781 bits per heavy atom. The zero-order chi connectivity index (χ0) is 22.1. The molecule has 2 nitrogen and oxygen atoms in total. The molecule has 3 aromatic rings. The van der Waals surface area contributed by atoms with E-state index in [1.807, 2.05) is 24.3 Å². The molecule has 2 aliphatic rings. The topological polar surface area (TPSA) is 26.3 Å². The van der Waals surface area contributed by atoms with Gasteiger partial charge in [-0.25, -0.2) is 4.79 Å². The van der Waals surface area contributed by atoms with Crippen molar-refractivity contribution in [2.45, 2.75) is 47.0 Å². The Kier molecular flexibility index (Phi) is 5.69. The van der Waals surface area contributed by atoms with Crippen LogP contribution in [0.2, 0.25) is 0 Å². The van der Waals surface area contributed by atoms with Crippen LogP contribution in [0.3, 0.4) is 0 Å². The highest BCUT2D eigenvalue weighted by Crippen LogP contribution is 2.49. The molecule has 3 heteroatoms. The standard InChI is InChI=1S/C29H29O2S/c1-29(2,27-20-21-13-14-23(27)19-21)31-28(30)22-15-17-26(18-16-22)32(24-9-5-3-6-10-24)25-11-7-4-8-12-25/h3-18,21,23,27H,19-20H2,1-2H3/q+1. The lowest BCUT2D eigenvalue weighted by atomic mass is 9.80. The van der Waals surface area contributed by atoms with Gasteiger partial charge in [-0.05, 0) is 87.1 Å². The molecule has 2 aliphatic carbocycles. The molecular formula is C29H29O2S+. The van der Waals surface area contributed by atoms with Crippen LogP contribution in [0, 0.1) is 17.8 Å². The predicted molar refractivity (Wildman–Crippen MR) is 130 cm³/mol. The van der Waals surface area contributed by atoms with Crippen molar-refractivity contribution < 1.29 is 9.53 Å². The zero-order valence-corrected chi connectivity index (χ0v) is 19.4. The molecule has 32 heavy (non-hydrogen) atoms. The first-order chi connectivity index (χ1) is 15.5. The van der Waals surface area contributed by atoms with Crippen molar-refractivity contribution in [3.8, 4) is 0 Å². The van der Waals surface area contributed by atoms with Gasteiger partial charge in [-0.1, -0.05) is 48.6 Å².